The number of amides is 1. The quantitative estimate of drug-likeness (QED) is 0.759. The van der Waals surface area contributed by atoms with Crippen molar-refractivity contribution in [2.24, 2.45) is 11.7 Å². The van der Waals surface area contributed by atoms with Crippen molar-refractivity contribution in [2.45, 2.75) is 25.3 Å². The predicted molar refractivity (Wildman–Crippen MR) is 84.6 cm³/mol. The van der Waals surface area contributed by atoms with Gasteiger partial charge in [-0.25, -0.2) is 0 Å². The van der Waals surface area contributed by atoms with Crippen molar-refractivity contribution in [1.29, 1.82) is 0 Å². The highest BCUT2D eigenvalue weighted by molar-refractivity contribution is 5.86. The molecule has 0 aliphatic heterocycles. The average molecular weight is 291 g/mol. The van der Waals surface area contributed by atoms with Crippen LogP contribution >= 0.6 is 0 Å². The maximum atomic E-state index is 12.1. The van der Waals surface area contributed by atoms with Gasteiger partial charge < -0.3 is 20.7 Å². The van der Waals surface area contributed by atoms with E-state index in [9.17, 15) is 4.79 Å². The molecule has 1 aromatic rings. The van der Waals surface area contributed by atoms with E-state index in [0.29, 0.717) is 12.5 Å². The maximum Gasteiger partial charge on any atom is 0.239 e. The summed E-state index contributed by atoms with van der Waals surface area (Å²) in [5, 5.41) is 3.34. The van der Waals surface area contributed by atoms with Gasteiger partial charge in [-0.2, -0.15) is 0 Å². The van der Waals surface area contributed by atoms with Gasteiger partial charge in [-0.15, -0.1) is 0 Å². The van der Waals surface area contributed by atoms with Crippen LogP contribution in [0.5, 0.6) is 5.75 Å². The molecule has 116 valence electrons. The molecule has 0 heterocycles. The summed E-state index contributed by atoms with van der Waals surface area (Å²) in [6.45, 7) is 3.27. The maximum absolute atomic E-state index is 12.1. The lowest BCUT2D eigenvalue weighted by Gasteiger charge is -2.36. The molecule has 1 unspecified atom stereocenters. The number of nitrogens with one attached hydrogen (secondary N) is 1. The van der Waals surface area contributed by atoms with E-state index in [0.717, 1.165) is 30.8 Å². The molecule has 0 spiro atoms. The van der Waals surface area contributed by atoms with Crippen LogP contribution in [-0.4, -0.2) is 38.7 Å². The minimum atomic E-state index is -0.662. The van der Waals surface area contributed by atoms with Gasteiger partial charge in [0.25, 0.3) is 0 Å². The second kappa shape index (κ2) is 6.35. The van der Waals surface area contributed by atoms with E-state index in [4.69, 9.17) is 10.5 Å². The number of carbonyl (C=O) groups excluding carboxylic acids is 1. The normalized spacial score (nSPS) is 17.1. The number of likely N-dealkylation sites (N-methyl/N-ethyl adjacent to an activating group) is 2. The fourth-order valence-electron chi connectivity index (χ4n) is 2.99. The van der Waals surface area contributed by atoms with Crippen LogP contribution in [0.25, 0.3) is 0 Å². The van der Waals surface area contributed by atoms with Crippen LogP contribution in [0, 0.1) is 5.92 Å². The average Bonchev–Trinajstić information content (AvgIpc) is 3.31. The molecule has 1 atom stereocenters. The number of anilines is 1. The largest absolute Gasteiger partial charge is 0.495 e. The van der Waals surface area contributed by atoms with Gasteiger partial charge in [0.05, 0.1) is 12.8 Å². The van der Waals surface area contributed by atoms with Crippen molar-refractivity contribution in [1.82, 2.24) is 5.32 Å². The minimum absolute atomic E-state index is 0.270. The zero-order chi connectivity index (χ0) is 15.5. The van der Waals surface area contributed by atoms with Crippen LogP contribution in [0.2, 0.25) is 0 Å². The van der Waals surface area contributed by atoms with Gasteiger partial charge in [0.1, 0.15) is 11.3 Å². The van der Waals surface area contributed by atoms with Gasteiger partial charge >= 0.3 is 0 Å². The van der Waals surface area contributed by atoms with Crippen molar-refractivity contribution >= 4 is 11.6 Å². The molecule has 21 heavy (non-hydrogen) atoms. The summed E-state index contributed by atoms with van der Waals surface area (Å²) in [5.74, 6) is 0.853. The summed E-state index contributed by atoms with van der Waals surface area (Å²) in [6.07, 6.45) is 2.10. The fourth-order valence-corrected chi connectivity index (χ4v) is 2.99. The predicted octanol–water partition coefficient (Wildman–Crippen LogP) is 1.37. The number of benzene rings is 1. The lowest BCUT2D eigenvalue weighted by molar-refractivity contribution is -0.124. The number of primary amides is 1. The SMILES string of the molecule is CCNC(CN(C)c1ccccc1OC)(C(N)=O)C1CC1. The number of hydrogen-bond donors (Lipinski definition) is 2. The van der Waals surface area contributed by atoms with E-state index >= 15 is 0 Å². The zero-order valence-corrected chi connectivity index (χ0v) is 13.1. The molecule has 0 saturated heterocycles. The Hall–Kier alpha value is -1.75. The molecule has 0 radical (unpaired) electrons. The number of rotatable bonds is 8. The smallest absolute Gasteiger partial charge is 0.239 e. The van der Waals surface area contributed by atoms with Gasteiger partial charge in [0.2, 0.25) is 5.91 Å². The lowest BCUT2D eigenvalue weighted by Crippen LogP contribution is -2.63. The van der Waals surface area contributed by atoms with E-state index < -0.39 is 5.54 Å². The standard InChI is InChI=1S/C16H25N3O2/c1-4-18-16(15(17)20,12-9-10-12)11-19(2)13-7-5-6-8-14(13)21-3/h5-8,12,18H,4,9-11H2,1-3H3,(H2,17,20). The summed E-state index contributed by atoms with van der Waals surface area (Å²) in [6, 6.07) is 7.80. The summed E-state index contributed by atoms with van der Waals surface area (Å²) < 4.78 is 5.40. The summed E-state index contributed by atoms with van der Waals surface area (Å²) in [4.78, 5) is 14.2. The summed E-state index contributed by atoms with van der Waals surface area (Å²) in [5.41, 5.74) is 6.04. The number of para-hydroxylation sites is 2. The summed E-state index contributed by atoms with van der Waals surface area (Å²) >= 11 is 0. The van der Waals surface area contributed by atoms with Gasteiger partial charge in [-0.05, 0) is 37.4 Å². The lowest BCUT2D eigenvalue weighted by atomic mass is 9.91. The molecule has 3 N–H and O–H groups in total. The van der Waals surface area contributed by atoms with Gasteiger partial charge in [0, 0.05) is 13.6 Å². The molecule has 1 fully saturated rings. The first-order chi connectivity index (χ1) is 10.0. The molecular formula is C16H25N3O2. The van der Waals surface area contributed by atoms with Crippen LogP contribution < -0.4 is 20.7 Å². The number of hydrogen-bond acceptors (Lipinski definition) is 4. The van der Waals surface area contributed by atoms with Crippen molar-refractivity contribution in [2.75, 3.05) is 32.1 Å². The van der Waals surface area contributed by atoms with Gasteiger partial charge in [0.15, 0.2) is 0 Å². The third-order valence-electron chi connectivity index (χ3n) is 4.19. The molecule has 0 bridgehead atoms. The molecule has 2 rings (SSSR count). The Labute approximate surface area is 126 Å². The van der Waals surface area contributed by atoms with Crippen LogP contribution in [-0.2, 0) is 4.79 Å². The third kappa shape index (κ3) is 3.13. The highest BCUT2D eigenvalue weighted by Crippen LogP contribution is 2.41. The molecule has 1 saturated carbocycles. The second-order valence-corrected chi connectivity index (χ2v) is 5.67. The van der Waals surface area contributed by atoms with E-state index in [1.807, 2.05) is 43.1 Å². The first-order valence-corrected chi connectivity index (χ1v) is 7.44. The van der Waals surface area contributed by atoms with E-state index in [2.05, 4.69) is 5.32 Å². The van der Waals surface area contributed by atoms with E-state index in [1.54, 1.807) is 7.11 Å². The van der Waals surface area contributed by atoms with Crippen LogP contribution in [0.15, 0.2) is 24.3 Å². The number of nitrogens with zero attached hydrogens (tertiary/aromatic N) is 1. The number of ether oxygens (including phenoxy) is 1. The number of methoxy groups -OCH3 is 1. The Morgan fingerprint density at radius 1 is 1.48 bits per heavy atom. The minimum Gasteiger partial charge on any atom is -0.495 e. The Bertz CT molecular complexity index is 502. The van der Waals surface area contributed by atoms with Crippen molar-refractivity contribution in [3.05, 3.63) is 24.3 Å². The highest BCUT2D eigenvalue weighted by Gasteiger charge is 2.50. The molecule has 1 aliphatic rings. The van der Waals surface area contributed by atoms with Gasteiger partial charge in [-0.3, -0.25) is 4.79 Å². The molecule has 1 aliphatic carbocycles. The zero-order valence-electron chi connectivity index (χ0n) is 13.1. The highest BCUT2D eigenvalue weighted by atomic mass is 16.5. The van der Waals surface area contributed by atoms with Crippen LogP contribution in [0.1, 0.15) is 19.8 Å². The van der Waals surface area contributed by atoms with Crippen LogP contribution in [0.3, 0.4) is 0 Å². The van der Waals surface area contributed by atoms with Crippen molar-refractivity contribution in [3.63, 3.8) is 0 Å². The Balaban J connectivity index is 2.25. The van der Waals surface area contributed by atoms with E-state index in [-0.39, 0.29) is 5.91 Å². The molecule has 1 amide bonds. The number of nitrogens with two attached hydrogens (primary N) is 1. The van der Waals surface area contributed by atoms with Crippen LogP contribution in [0.4, 0.5) is 5.69 Å². The van der Waals surface area contributed by atoms with E-state index in [1.165, 1.54) is 0 Å². The molecule has 5 nitrogen and oxygen atoms in total. The molecule has 0 aromatic heterocycles. The fraction of sp³-hybridized carbons (Fsp3) is 0.562. The second-order valence-electron chi connectivity index (χ2n) is 5.67. The molecular weight excluding hydrogens is 266 g/mol. The number of carbonyl (C=O) groups is 1. The Morgan fingerprint density at radius 2 is 2.14 bits per heavy atom. The topological polar surface area (TPSA) is 67.6 Å². The first kappa shape index (κ1) is 15.6. The monoisotopic (exact) mass is 291 g/mol. The van der Waals surface area contributed by atoms with Gasteiger partial charge in [-0.1, -0.05) is 19.1 Å². The Kier molecular flexibility index (Phi) is 4.73. The third-order valence-corrected chi connectivity index (χ3v) is 4.19. The van der Waals surface area contributed by atoms with Crippen molar-refractivity contribution in [3.8, 4) is 5.75 Å². The summed E-state index contributed by atoms with van der Waals surface area (Å²) in [7, 11) is 3.62. The van der Waals surface area contributed by atoms with Crippen molar-refractivity contribution < 1.29 is 9.53 Å². The molecule has 5 heteroatoms. The molecule has 1 aromatic carbocycles. The first-order valence-electron chi connectivity index (χ1n) is 7.44. The Morgan fingerprint density at radius 3 is 2.67 bits per heavy atom.